The van der Waals surface area contributed by atoms with Gasteiger partial charge in [0.05, 0.1) is 0 Å². The SMILES string of the molecule is [Se]B1C2CCCC1CCC2. The maximum atomic E-state index is 3.38. The summed E-state index contributed by atoms with van der Waals surface area (Å²) < 4.78 is 0. The van der Waals surface area contributed by atoms with Crippen LogP contribution in [-0.4, -0.2) is 21.4 Å². The molecule has 2 fully saturated rings. The topological polar surface area (TPSA) is 0 Å². The zero-order chi connectivity index (χ0) is 6.97. The van der Waals surface area contributed by atoms with Crippen molar-refractivity contribution >= 4 is 21.4 Å². The summed E-state index contributed by atoms with van der Waals surface area (Å²) in [5.74, 6) is 2.12. The minimum atomic E-state index is 0.947. The third-order valence-corrected chi connectivity index (χ3v) is 4.84. The molecule has 0 aliphatic carbocycles. The van der Waals surface area contributed by atoms with Crippen LogP contribution in [0.15, 0.2) is 0 Å². The van der Waals surface area contributed by atoms with E-state index >= 15 is 0 Å². The molecule has 2 bridgehead atoms. The second-order valence-corrected chi connectivity index (χ2v) is 4.99. The average Bonchev–Trinajstić information content (AvgIpc) is 1.86. The van der Waals surface area contributed by atoms with Crippen molar-refractivity contribution in [1.29, 1.82) is 0 Å². The van der Waals surface area contributed by atoms with Crippen LogP contribution in [0.3, 0.4) is 0 Å². The third-order valence-electron chi connectivity index (χ3n) is 3.23. The van der Waals surface area contributed by atoms with Gasteiger partial charge >= 0.3 is 71.5 Å². The van der Waals surface area contributed by atoms with E-state index in [1.165, 1.54) is 38.5 Å². The second-order valence-electron chi connectivity index (χ2n) is 3.85. The van der Waals surface area contributed by atoms with Crippen molar-refractivity contribution in [3.8, 4) is 0 Å². The molecule has 2 heterocycles. The minimum absolute atomic E-state index is 0.947. The summed E-state index contributed by atoms with van der Waals surface area (Å²) in [5, 5.41) is 0. The summed E-state index contributed by atoms with van der Waals surface area (Å²) in [6.45, 7) is 0. The zero-order valence-electron chi connectivity index (χ0n) is 6.38. The number of hydrogen-bond donors (Lipinski definition) is 0. The van der Waals surface area contributed by atoms with E-state index in [1.54, 1.807) is 0 Å². The van der Waals surface area contributed by atoms with Gasteiger partial charge < -0.3 is 0 Å². The molecule has 0 aromatic rings. The Bertz CT molecular complexity index is 104. The predicted molar refractivity (Wildman–Crippen MR) is 46.7 cm³/mol. The van der Waals surface area contributed by atoms with Crippen molar-refractivity contribution in [3.05, 3.63) is 0 Å². The molecule has 0 N–H and O–H groups in total. The van der Waals surface area contributed by atoms with Crippen LogP contribution in [0.25, 0.3) is 0 Å². The van der Waals surface area contributed by atoms with E-state index in [0.29, 0.717) is 0 Å². The van der Waals surface area contributed by atoms with Crippen molar-refractivity contribution < 1.29 is 0 Å². The van der Waals surface area contributed by atoms with Gasteiger partial charge in [0.15, 0.2) is 0 Å². The standard InChI is InChI=1S/C8H14BSe/c10-9-7-3-1-4-8(9)6-2-5-7/h7-8H,1-6H2. The van der Waals surface area contributed by atoms with Crippen LogP contribution in [0.2, 0.25) is 11.6 Å². The molecule has 55 valence electrons. The van der Waals surface area contributed by atoms with Gasteiger partial charge in [-0.1, -0.05) is 0 Å². The summed E-state index contributed by atoms with van der Waals surface area (Å²) in [7, 11) is 0. The predicted octanol–water partition coefficient (Wildman–Crippen LogP) is 2.25. The molecule has 2 aliphatic rings. The molecule has 0 amide bonds. The molecule has 0 atom stereocenters. The Labute approximate surface area is 71.9 Å². The summed E-state index contributed by atoms with van der Waals surface area (Å²) in [6, 6.07) is 0. The first-order valence-electron chi connectivity index (χ1n) is 4.54. The summed E-state index contributed by atoms with van der Waals surface area (Å²) in [5.41, 5.74) is 0.947. The summed E-state index contributed by atoms with van der Waals surface area (Å²) in [6.07, 6.45) is 9.05. The fourth-order valence-electron chi connectivity index (χ4n) is 2.62. The normalized spacial score (nSPS) is 39.9. The molecular formula is C8H14BSe. The molecule has 2 aliphatic heterocycles. The molecule has 0 nitrogen and oxygen atoms in total. The van der Waals surface area contributed by atoms with Gasteiger partial charge in [0.25, 0.3) is 0 Å². The Hall–Kier alpha value is 0.584. The molecule has 0 unspecified atom stereocenters. The van der Waals surface area contributed by atoms with Crippen molar-refractivity contribution in [1.82, 2.24) is 0 Å². The van der Waals surface area contributed by atoms with Crippen LogP contribution in [0, 0.1) is 0 Å². The fourth-order valence-corrected chi connectivity index (χ4v) is 3.76. The summed E-state index contributed by atoms with van der Waals surface area (Å²) >= 11 is 3.38. The molecule has 2 heteroatoms. The van der Waals surface area contributed by atoms with Gasteiger partial charge in [-0.05, 0) is 0 Å². The van der Waals surface area contributed by atoms with Gasteiger partial charge in [0.2, 0.25) is 0 Å². The number of fused-ring (bicyclic) bond motifs is 2. The first-order valence-corrected chi connectivity index (χ1v) is 5.52. The van der Waals surface area contributed by atoms with E-state index in [4.69, 9.17) is 0 Å². The quantitative estimate of drug-likeness (QED) is 0.526. The fraction of sp³-hybridized carbons (Fsp3) is 1.00. The molecule has 2 saturated heterocycles. The Morgan fingerprint density at radius 1 is 0.900 bits per heavy atom. The number of rotatable bonds is 0. The Kier molecular flexibility index (Phi) is 2.11. The van der Waals surface area contributed by atoms with Crippen molar-refractivity contribution in [2.45, 2.75) is 50.2 Å². The van der Waals surface area contributed by atoms with Crippen molar-refractivity contribution in [2.75, 3.05) is 0 Å². The summed E-state index contributed by atoms with van der Waals surface area (Å²) in [4.78, 5) is 0. The molecule has 0 aromatic heterocycles. The first kappa shape index (κ1) is 7.25. The zero-order valence-corrected chi connectivity index (χ0v) is 8.10. The van der Waals surface area contributed by atoms with E-state index < -0.39 is 0 Å². The van der Waals surface area contributed by atoms with Crippen LogP contribution in [0.1, 0.15) is 38.5 Å². The maximum absolute atomic E-state index is 3.38. The third kappa shape index (κ3) is 1.17. The monoisotopic (exact) mass is 201 g/mol. The van der Waals surface area contributed by atoms with Crippen LogP contribution in [0.4, 0.5) is 0 Å². The van der Waals surface area contributed by atoms with Gasteiger partial charge in [-0.25, -0.2) is 0 Å². The van der Waals surface area contributed by atoms with Crippen LogP contribution in [-0.2, 0) is 0 Å². The van der Waals surface area contributed by atoms with Gasteiger partial charge in [-0.3, -0.25) is 0 Å². The van der Waals surface area contributed by atoms with Gasteiger partial charge in [0.1, 0.15) is 0 Å². The molecule has 0 saturated carbocycles. The van der Waals surface area contributed by atoms with Crippen molar-refractivity contribution in [3.63, 3.8) is 0 Å². The molecule has 2 rings (SSSR count). The van der Waals surface area contributed by atoms with E-state index in [1.807, 2.05) is 0 Å². The van der Waals surface area contributed by atoms with Crippen LogP contribution >= 0.6 is 0 Å². The van der Waals surface area contributed by atoms with Crippen molar-refractivity contribution in [2.24, 2.45) is 0 Å². The molecule has 0 spiro atoms. The Balaban J connectivity index is 2.05. The Morgan fingerprint density at radius 2 is 1.30 bits per heavy atom. The van der Waals surface area contributed by atoms with E-state index in [0.717, 1.165) is 17.2 Å². The molecule has 10 heavy (non-hydrogen) atoms. The first-order chi connectivity index (χ1) is 4.88. The van der Waals surface area contributed by atoms with Gasteiger partial charge in [-0.15, -0.1) is 0 Å². The molecule has 0 aromatic carbocycles. The van der Waals surface area contributed by atoms with E-state index in [9.17, 15) is 0 Å². The van der Waals surface area contributed by atoms with E-state index in [2.05, 4.69) is 15.8 Å². The van der Waals surface area contributed by atoms with E-state index in [-0.39, 0.29) is 0 Å². The Morgan fingerprint density at radius 3 is 1.60 bits per heavy atom. The van der Waals surface area contributed by atoms with Gasteiger partial charge in [0, 0.05) is 0 Å². The molecule has 1 radical (unpaired) electrons. The van der Waals surface area contributed by atoms with Crippen LogP contribution < -0.4 is 0 Å². The number of hydrogen-bond acceptors (Lipinski definition) is 0. The van der Waals surface area contributed by atoms with Crippen LogP contribution in [0.5, 0.6) is 0 Å². The molecular weight excluding hydrogens is 186 g/mol. The van der Waals surface area contributed by atoms with Gasteiger partial charge in [-0.2, -0.15) is 0 Å². The second kappa shape index (κ2) is 2.91. The average molecular weight is 200 g/mol.